The molecule has 1 spiro atoms. The summed E-state index contributed by atoms with van der Waals surface area (Å²) in [5.41, 5.74) is 0.0441. The van der Waals surface area contributed by atoms with Crippen molar-refractivity contribution in [1.82, 2.24) is 25.3 Å². The van der Waals surface area contributed by atoms with Gasteiger partial charge < -0.3 is 30.1 Å². The summed E-state index contributed by atoms with van der Waals surface area (Å²) in [6, 6.07) is 8.98. The molecule has 0 bridgehead atoms. The van der Waals surface area contributed by atoms with Crippen LogP contribution in [0.25, 0.3) is 0 Å². The highest BCUT2D eigenvalue weighted by Gasteiger charge is 2.53. The van der Waals surface area contributed by atoms with Gasteiger partial charge in [-0.2, -0.15) is 0 Å². The van der Waals surface area contributed by atoms with E-state index < -0.39 is 17.7 Å². The number of piperazine rings is 1. The second kappa shape index (κ2) is 13.0. The van der Waals surface area contributed by atoms with Crippen LogP contribution in [0.4, 0.5) is 9.59 Å². The highest BCUT2D eigenvalue weighted by molar-refractivity contribution is 6.00. The van der Waals surface area contributed by atoms with E-state index >= 15 is 0 Å². The number of amides is 5. The smallest absolute Gasteiger partial charge is 0.407 e. The molecule has 38 heavy (non-hydrogen) atoms. The van der Waals surface area contributed by atoms with Crippen molar-refractivity contribution in [1.29, 1.82) is 0 Å². The summed E-state index contributed by atoms with van der Waals surface area (Å²) in [6.45, 7) is 5.75. The molecule has 3 aliphatic heterocycles. The zero-order chi connectivity index (χ0) is 27.0. The van der Waals surface area contributed by atoms with Gasteiger partial charge in [0.25, 0.3) is 0 Å². The molecule has 0 aromatic heterocycles. The van der Waals surface area contributed by atoms with Crippen LogP contribution in [0.5, 0.6) is 0 Å². The van der Waals surface area contributed by atoms with Crippen molar-refractivity contribution < 1.29 is 23.9 Å². The number of carbonyl (C=O) groups is 4. The summed E-state index contributed by atoms with van der Waals surface area (Å²) in [7, 11) is 0. The first kappa shape index (κ1) is 27.7. The Labute approximate surface area is 225 Å². The van der Waals surface area contributed by atoms with Gasteiger partial charge >= 0.3 is 12.1 Å². The summed E-state index contributed by atoms with van der Waals surface area (Å²) < 4.78 is 5.22. The van der Waals surface area contributed by atoms with Crippen molar-refractivity contribution in [2.45, 2.75) is 76.5 Å². The standard InChI is InChI=1S/C28H41N5O5/c1-2-16-33-24(34)23(12-6-7-15-29-26(36)38-21-22-10-4-3-5-11-22)30-25(35)28(33)13-19-32(20-14-28)27(37)31-17-8-9-18-31/h3-5,10-11,23H,2,6-9,12-21H2,1H3,(H,29,36)(H,30,35)/t23-/m0/s1. The number of unbranched alkanes of at least 4 members (excludes halogenated alkanes) is 1. The van der Waals surface area contributed by atoms with Crippen LogP contribution in [-0.2, 0) is 20.9 Å². The number of likely N-dealkylation sites (tertiary alicyclic amines) is 2. The molecule has 3 saturated heterocycles. The predicted octanol–water partition coefficient (Wildman–Crippen LogP) is 2.87. The molecule has 4 rings (SSSR count). The Hall–Kier alpha value is -3.30. The highest BCUT2D eigenvalue weighted by atomic mass is 16.5. The number of nitrogens with zero attached hydrogens (tertiary/aromatic N) is 3. The van der Waals surface area contributed by atoms with Gasteiger partial charge in [-0.25, -0.2) is 9.59 Å². The van der Waals surface area contributed by atoms with E-state index in [9.17, 15) is 19.2 Å². The van der Waals surface area contributed by atoms with Gasteiger partial charge in [0.05, 0.1) is 0 Å². The number of hydrogen-bond acceptors (Lipinski definition) is 5. The lowest BCUT2D eigenvalue weighted by molar-refractivity contribution is -0.161. The van der Waals surface area contributed by atoms with Crippen molar-refractivity contribution in [3.63, 3.8) is 0 Å². The zero-order valence-corrected chi connectivity index (χ0v) is 22.5. The van der Waals surface area contributed by atoms with Crippen molar-refractivity contribution in [3.05, 3.63) is 35.9 Å². The van der Waals surface area contributed by atoms with Crippen LogP contribution in [0.2, 0.25) is 0 Å². The number of ether oxygens (including phenoxy) is 1. The van der Waals surface area contributed by atoms with Crippen molar-refractivity contribution >= 4 is 23.9 Å². The predicted molar refractivity (Wildman–Crippen MR) is 142 cm³/mol. The number of rotatable bonds is 9. The second-order valence-corrected chi connectivity index (χ2v) is 10.5. The Kier molecular flexibility index (Phi) is 9.47. The third kappa shape index (κ3) is 6.39. The normalized spacial score (nSPS) is 21.0. The molecule has 0 saturated carbocycles. The molecule has 10 heteroatoms. The lowest BCUT2D eigenvalue weighted by atomic mass is 9.81. The van der Waals surface area contributed by atoms with Gasteiger partial charge in [0, 0.05) is 39.3 Å². The van der Waals surface area contributed by atoms with Gasteiger partial charge in [-0.05, 0) is 56.9 Å². The van der Waals surface area contributed by atoms with Crippen LogP contribution in [0.1, 0.15) is 63.9 Å². The fraction of sp³-hybridized carbons (Fsp3) is 0.643. The van der Waals surface area contributed by atoms with Gasteiger partial charge in [-0.1, -0.05) is 37.3 Å². The minimum atomic E-state index is -0.880. The van der Waals surface area contributed by atoms with E-state index in [0.717, 1.165) is 37.9 Å². The molecule has 2 N–H and O–H groups in total. The summed E-state index contributed by atoms with van der Waals surface area (Å²) >= 11 is 0. The number of benzene rings is 1. The van der Waals surface area contributed by atoms with Crippen molar-refractivity contribution in [3.8, 4) is 0 Å². The first-order valence-corrected chi connectivity index (χ1v) is 14.1. The van der Waals surface area contributed by atoms with E-state index in [1.54, 1.807) is 4.90 Å². The van der Waals surface area contributed by atoms with E-state index in [2.05, 4.69) is 10.6 Å². The molecule has 5 amide bonds. The van der Waals surface area contributed by atoms with E-state index in [-0.39, 0.29) is 24.5 Å². The monoisotopic (exact) mass is 527 g/mol. The Bertz CT molecular complexity index is 973. The Morgan fingerprint density at radius 2 is 1.71 bits per heavy atom. The largest absolute Gasteiger partial charge is 0.445 e. The van der Waals surface area contributed by atoms with E-state index in [0.29, 0.717) is 58.3 Å². The topological polar surface area (TPSA) is 111 Å². The van der Waals surface area contributed by atoms with Gasteiger partial charge in [-0.15, -0.1) is 0 Å². The zero-order valence-electron chi connectivity index (χ0n) is 22.5. The van der Waals surface area contributed by atoms with Gasteiger partial charge in [-0.3, -0.25) is 9.59 Å². The first-order valence-electron chi connectivity index (χ1n) is 14.1. The summed E-state index contributed by atoms with van der Waals surface area (Å²) in [4.78, 5) is 57.2. The molecule has 0 aliphatic carbocycles. The minimum absolute atomic E-state index is 0.0407. The average molecular weight is 528 g/mol. The molecular weight excluding hydrogens is 486 g/mol. The number of piperidine rings is 1. The molecule has 1 aromatic carbocycles. The summed E-state index contributed by atoms with van der Waals surface area (Å²) in [5.74, 6) is -0.146. The van der Waals surface area contributed by atoms with Crippen LogP contribution >= 0.6 is 0 Å². The van der Waals surface area contributed by atoms with E-state index in [1.807, 2.05) is 47.1 Å². The van der Waals surface area contributed by atoms with Crippen LogP contribution in [-0.4, -0.2) is 89.5 Å². The van der Waals surface area contributed by atoms with Gasteiger partial charge in [0.15, 0.2) is 0 Å². The molecule has 3 heterocycles. The molecule has 0 radical (unpaired) electrons. The van der Waals surface area contributed by atoms with Gasteiger partial charge in [0.2, 0.25) is 11.8 Å². The summed E-state index contributed by atoms with van der Waals surface area (Å²) in [6.07, 6.45) is 5.17. The van der Waals surface area contributed by atoms with E-state index in [4.69, 9.17) is 4.74 Å². The maximum atomic E-state index is 13.5. The third-order valence-corrected chi connectivity index (χ3v) is 7.90. The fourth-order valence-corrected chi connectivity index (χ4v) is 5.73. The maximum Gasteiger partial charge on any atom is 0.407 e. The molecule has 10 nitrogen and oxygen atoms in total. The Balaban J connectivity index is 1.23. The van der Waals surface area contributed by atoms with Crippen molar-refractivity contribution in [2.75, 3.05) is 39.3 Å². The minimum Gasteiger partial charge on any atom is -0.445 e. The fourth-order valence-electron chi connectivity index (χ4n) is 5.73. The number of nitrogens with one attached hydrogen (secondary N) is 2. The van der Waals surface area contributed by atoms with Crippen LogP contribution in [0, 0.1) is 0 Å². The van der Waals surface area contributed by atoms with E-state index in [1.165, 1.54) is 0 Å². The molecule has 1 aromatic rings. The molecule has 1 atom stereocenters. The Morgan fingerprint density at radius 3 is 2.39 bits per heavy atom. The quantitative estimate of drug-likeness (QED) is 0.480. The molecular formula is C28H41N5O5. The molecule has 3 fully saturated rings. The number of carbonyl (C=O) groups excluding carboxylic acids is 4. The maximum absolute atomic E-state index is 13.5. The summed E-state index contributed by atoms with van der Waals surface area (Å²) in [5, 5.41) is 5.74. The van der Waals surface area contributed by atoms with Gasteiger partial charge in [0.1, 0.15) is 18.2 Å². The van der Waals surface area contributed by atoms with Crippen LogP contribution in [0.15, 0.2) is 30.3 Å². The lowest BCUT2D eigenvalue weighted by Gasteiger charge is -2.51. The number of urea groups is 1. The second-order valence-electron chi connectivity index (χ2n) is 10.5. The number of hydrogen-bond donors (Lipinski definition) is 2. The van der Waals surface area contributed by atoms with Crippen LogP contribution in [0.3, 0.4) is 0 Å². The Morgan fingerprint density at radius 1 is 1.03 bits per heavy atom. The third-order valence-electron chi connectivity index (χ3n) is 7.90. The SMILES string of the molecule is CCCN1C(=O)[C@H](CCCCNC(=O)OCc2ccccc2)NC(=O)C12CCN(C(=O)N1CCCC1)CC2. The highest BCUT2D eigenvalue weighted by Crippen LogP contribution is 2.34. The average Bonchev–Trinajstić information content (AvgIpc) is 3.48. The molecule has 3 aliphatic rings. The lowest BCUT2D eigenvalue weighted by Crippen LogP contribution is -2.73. The van der Waals surface area contributed by atoms with Crippen LogP contribution < -0.4 is 10.6 Å². The van der Waals surface area contributed by atoms with Crippen molar-refractivity contribution in [2.24, 2.45) is 0 Å². The molecule has 208 valence electrons. The first-order chi connectivity index (χ1) is 18.4. The number of alkyl carbamates (subject to hydrolysis) is 1. The molecule has 0 unspecified atom stereocenters.